The average Bonchev–Trinajstić information content (AvgIpc) is 2.54. The van der Waals surface area contributed by atoms with Gasteiger partial charge in [-0.1, -0.05) is 26.7 Å². The Labute approximate surface area is 106 Å². The lowest BCUT2D eigenvalue weighted by molar-refractivity contribution is -0.145. The van der Waals surface area contributed by atoms with Crippen LogP contribution in [0.15, 0.2) is 0 Å². The Bertz CT molecular complexity index is 230. The Morgan fingerprint density at radius 1 is 1.41 bits per heavy atom. The van der Waals surface area contributed by atoms with Gasteiger partial charge in [0.15, 0.2) is 0 Å². The van der Waals surface area contributed by atoms with E-state index in [0.29, 0.717) is 0 Å². The third-order valence-electron chi connectivity index (χ3n) is 3.77. The molecule has 0 aromatic carbocycles. The van der Waals surface area contributed by atoms with Crippen molar-refractivity contribution in [3.63, 3.8) is 0 Å². The first kappa shape index (κ1) is 14.5. The lowest BCUT2D eigenvalue weighted by Crippen LogP contribution is -2.33. The van der Waals surface area contributed by atoms with Gasteiger partial charge in [-0.2, -0.15) is 0 Å². The second-order valence-electron chi connectivity index (χ2n) is 5.31. The molecule has 1 heterocycles. The first-order valence-electron chi connectivity index (χ1n) is 6.97. The summed E-state index contributed by atoms with van der Waals surface area (Å²) >= 11 is 0. The maximum Gasteiger partial charge on any atom is 0.309 e. The van der Waals surface area contributed by atoms with Crippen LogP contribution in [0.3, 0.4) is 0 Å². The number of carbonyl (C=O) groups excluding carboxylic acids is 1. The van der Waals surface area contributed by atoms with Gasteiger partial charge < -0.3 is 9.64 Å². The second-order valence-corrected chi connectivity index (χ2v) is 5.31. The van der Waals surface area contributed by atoms with Crippen LogP contribution in [0.4, 0.5) is 0 Å². The molecule has 0 saturated carbocycles. The monoisotopic (exact) mass is 241 g/mol. The predicted molar refractivity (Wildman–Crippen MR) is 69.9 cm³/mol. The largest absolute Gasteiger partial charge is 0.469 e. The molecule has 3 nitrogen and oxygen atoms in total. The van der Waals surface area contributed by atoms with Gasteiger partial charge in [0, 0.05) is 6.54 Å². The molecule has 1 rings (SSSR count). The van der Waals surface area contributed by atoms with Gasteiger partial charge in [-0.05, 0) is 38.3 Å². The van der Waals surface area contributed by atoms with Crippen molar-refractivity contribution in [1.29, 1.82) is 0 Å². The Kier molecular flexibility index (Phi) is 6.56. The number of nitrogens with zero attached hydrogens (tertiary/aromatic N) is 1. The number of carbonyl (C=O) groups is 1. The normalized spacial score (nSPS) is 24.1. The highest BCUT2D eigenvalue weighted by atomic mass is 16.5. The highest BCUT2D eigenvalue weighted by Crippen LogP contribution is 2.22. The molecule has 0 amide bonds. The molecule has 0 N–H and O–H groups in total. The van der Waals surface area contributed by atoms with Crippen LogP contribution in [-0.2, 0) is 9.53 Å². The number of methoxy groups -OCH3 is 1. The van der Waals surface area contributed by atoms with Gasteiger partial charge in [0.05, 0.1) is 13.0 Å². The van der Waals surface area contributed by atoms with Crippen molar-refractivity contribution < 1.29 is 9.53 Å². The standard InChI is InChI=1S/C14H27NO2/c1-4-6-13-7-5-9-15(10-8-13)11-12(2)14(16)17-3/h12-13H,4-11H2,1-3H3. The summed E-state index contributed by atoms with van der Waals surface area (Å²) < 4.78 is 4.78. The smallest absolute Gasteiger partial charge is 0.309 e. The molecule has 0 radical (unpaired) electrons. The topological polar surface area (TPSA) is 29.5 Å². The molecule has 1 saturated heterocycles. The molecule has 100 valence electrons. The van der Waals surface area contributed by atoms with Crippen molar-refractivity contribution in [1.82, 2.24) is 4.90 Å². The Morgan fingerprint density at radius 2 is 2.18 bits per heavy atom. The second kappa shape index (κ2) is 7.70. The minimum absolute atomic E-state index is 0.00252. The predicted octanol–water partition coefficient (Wildman–Crippen LogP) is 2.70. The molecule has 1 aliphatic heterocycles. The summed E-state index contributed by atoms with van der Waals surface area (Å²) in [6.07, 6.45) is 6.58. The molecule has 2 unspecified atom stereocenters. The van der Waals surface area contributed by atoms with Crippen LogP contribution in [0.1, 0.15) is 46.0 Å². The van der Waals surface area contributed by atoms with Crippen LogP contribution in [0.25, 0.3) is 0 Å². The number of rotatable bonds is 5. The van der Waals surface area contributed by atoms with Crippen LogP contribution in [0.2, 0.25) is 0 Å². The zero-order chi connectivity index (χ0) is 12.7. The van der Waals surface area contributed by atoms with E-state index in [2.05, 4.69) is 11.8 Å². The lowest BCUT2D eigenvalue weighted by atomic mass is 9.96. The van der Waals surface area contributed by atoms with Gasteiger partial charge in [0.25, 0.3) is 0 Å². The summed E-state index contributed by atoms with van der Waals surface area (Å²) in [5, 5.41) is 0. The van der Waals surface area contributed by atoms with E-state index in [9.17, 15) is 4.79 Å². The number of likely N-dealkylation sites (tertiary alicyclic amines) is 1. The molecule has 0 aliphatic carbocycles. The van der Waals surface area contributed by atoms with E-state index in [-0.39, 0.29) is 11.9 Å². The number of ether oxygens (including phenoxy) is 1. The fraction of sp³-hybridized carbons (Fsp3) is 0.929. The van der Waals surface area contributed by atoms with E-state index in [1.54, 1.807) is 0 Å². The number of hydrogen-bond donors (Lipinski definition) is 0. The molecular weight excluding hydrogens is 214 g/mol. The zero-order valence-corrected chi connectivity index (χ0v) is 11.6. The minimum Gasteiger partial charge on any atom is -0.469 e. The fourth-order valence-electron chi connectivity index (χ4n) is 2.77. The number of esters is 1. The van der Waals surface area contributed by atoms with E-state index in [4.69, 9.17) is 4.74 Å². The van der Waals surface area contributed by atoms with Gasteiger partial charge in [0.2, 0.25) is 0 Å². The van der Waals surface area contributed by atoms with Crippen LogP contribution in [-0.4, -0.2) is 37.6 Å². The first-order valence-corrected chi connectivity index (χ1v) is 6.97. The molecule has 1 aliphatic rings. The lowest BCUT2D eigenvalue weighted by Gasteiger charge is -2.22. The average molecular weight is 241 g/mol. The van der Waals surface area contributed by atoms with E-state index in [1.807, 2.05) is 6.92 Å². The Balaban J connectivity index is 2.33. The summed E-state index contributed by atoms with van der Waals surface area (Å²) in [4.78, 5) is 13.8. The quantitative estimate of drug-likeness (QED) is 0.693. The molecule has 3 heteroatoms. The van der Waals surface area contributed by atoms with Gasteiger partial charge in [-0.25, -0.2) is 0 Å². The molecule has 0 aromatic heterocycles. The SMILES string of the molecule is CCCC1CCCN(CC(C)C(=O)OC)CC1. The maximum absolute atomic E-state index is 11.4. The van der Waals surface area contributed by atoms with E-state index in [1.165, 1.54) is 39.2 Å². The van der Waals surface area contributed by atoms with Crippen molar-refractivity contribution in [2.75, 3.05) is 26.7 Å². The summed E-state index contributed by atoms with van der Waals surface area (Å²) in [5.41, 5.74) is 0. The van der Waals surface area contributed by atoms with Crippen molar-refractivity contribution in [2.24, 2.45) is 11.8 Å². The third kappa shape index (κ3) is 5.07. The molecule has 0 aromatic rings. The Hall–Kier alpha value is -0.570. The summed E-state index contributed by atoms with van der Waals surface area (Å²) in [6.45, 7) is 7.36. The summed E-state index contributed by atoms with van der Waals surface area (Å²) in [7, 11) is 1.47. The maximum atomic E-state index is 11.4. The van der Waals surface area contributed by atoms with E-state index >= 15 is 0 Å². The molecule has 2 atom stereocenters. The van der Waals surface area contributed by atoms with E-state index in [0.717, 1.165) is 25.6 Å². The van der Waals surface area contributed by atoms with Gasteiger partial charge in [-0.15, -0.1) is 0 Å². The van der Waals surface area contributed by atoms with E-state index < -0.39 is 0 Å². The van der Waals surface area contributed by atoms with Gasteiger partial charge in [0.1, 0.15) is 0 Å². The molecule has 0 bridgehead atoms. The molecular formula is C14H27NO2. The summed E-state index contributed by atoms with van der Waals surface area (Å²) in [5.74, 6) is 0.820. The van der Waals surface area contributed by atoms with Crippen molar-refractivity contribution in [2.45, 2.75) is 46.0 Å². The van der Waals surface area contributed by atoms with Crippen LogP contribution in [0.5, 0.6) is 0 Å². The van der Waals surface area contributed by atoms with Crippen LogP contribution in [0, 0.1) is 11.8 Å². The fourth-order valence-corrected chi connectivity index (χ4v) is 2.77. The van der Waals surface area contributed by atoms with Crippen molar-refractivity contribution in [3.05, 3.63) is 0 Å². The van der Waals surface area contributed by atoms with Crippen LogP contribution < -0.4 is 0 Å². The number of hydrogen-bond acceptors (Lipinski definition) is 3. The van der Waals surface area contributed by atoms with Crippen LogP contribution >= 0.6 is 0 Å². The zero-order valence-electron chi connectivity index (χ0n) is 11.6. The third-order valence-corrected chi connectivity index (χ3v) is 3.77. The Morgan fingerprint density at radius 3 is 2.82 bits per heavy atom. The van der Waals surface area contributed by atoms with Crippen molar-refractivity contribution in [3.8, 4) is 0 Å². The highest BCUT2D eigenvalue weighted by molar-refractivity contribution is 5.72. The molecule has 1 fully saturated rings. The van der Waals surface area contributed by atoms with Gasteiger partial charge in [-0.3, -0.25) is 4.79 Å². The minimum atomic E-state index is -0.0839. The summed E-state index contributed by atoms with van der Waals surface area (Å²) in [6, 6.07) is 0. The highest BCUT2D eigenvalue weighted by Gasteiger charge is 2.21. The molecule has 0 spiro atoms. The molecule has 17 heavy (non-hydrogen) atoms. The van der Waals surface area contributed by atoms with Gasteiger partial charge >= 0.3 is 5.97 Å². The van der Waals surface area contributed by atoms with Crippen molar-refractivity contribution >= 4 is 5.97 Å². The first-order chi connectivity index (χ1) is 8.17.